The van der Waals surface area contributed by atoms with Crippen LogP contribution in [0.2, 0.25) is 0 Å². The van der Waals surface area contributed by atoms with Crippen molar-refractivity contribution in [2.24, 2.45) is 0 Å². The summed E-state index contributed by atoms with van der Waals surface area (Å²) in [7, 11) is 0. The molecule has 0 spiro atoms. The maximum Gasteiger partial charge on any atom is 0.269 e. The van der Waals surface area contributed by atoms with Crippen LogP contribution in [0.3, 0.4) is 0 Å². The molecule has 0 radical (unpaired) electrons. The van der Waals surface area contributed by atoms with Gasteiger partial charge in [0.1, 0.15) is 0 Å². The molecule has 1 N–H and O–H groups in total. The largest absolute Gasteiger partial charge is 0.353 e. The minimum atomic E-state index is -0.422. The summed E-state index contributed by atoms with van der Waals surface area (Å²) in [5, 5.41) is 16.7. The van der Waals surface area contributed by atoms with Crippen LogP contribution in [0, 0.1) is 10.1 Å². The molecule has 1 aromatic heterocycles. The van der Waals surface area contributed by atoms with Gasteiger partial charge in [0.05, 0.1) is 4.92 Å². The van der Waals surface area contributed by atoms with Crippen LogP contribution in [0.25, 0.3) is 0 Å². The molecule has 1 amide bonds. The standard InChI is InChI=1S/C17H20N4O3S/c22-16(6-3-13-1-4-15(5-2-13)21(23)24)19-14-7-10-20(11-8-14)17-18-9-12-25-17/h1-2,4-5,9,12,14H,3,6-8,10-11H2,(H,19,22). The van der Waals surface area contributed by atoms with Gasteiger partial charge in [-0.2, -0.15) is 0 Å². The van der Waals surface area contributed by atoms with Crippen molar-refractivity contribution in [3.05, 3.63) is 51.5 Å². The first-order valence-corrected chi connectivity index (χ1v) is 9.17. The van der Waals surface area contributed by atoms with E-state index < -0.39 is 4.92 Å². The number of piperidine rings is 1. The summed E-state index contributed by atoms with van der Waals surface area (Å²) in [5.74, 6) is 0.0334. The Kier molecular flexibility index (Phi) is 5.60. The van der Waals surface area contributed by atoms with E-state index in [4.69, 9.17) is 0 Å². The number of thiazole rings is 1. The molecule has 132 valence electrons. The topological polar surface area (TPSA) is 88.4 Å². The van der Waals surface area contributed by atoms with Gasteiger partial charge in [-0.1, -0.05) is 12.1 Å². The van der Waals surface area contributed by atoms with Crippen molar-refractivity contribution in [3.63, 3.8) is 0 Å². The number of rotatable bonds is 6. The summed E-state index contributed by atoms with van der Waals surface area (Å²) in [6.45, 7) is 1.81. The van der Waals surface area contributed by atoms with E-state index in [9.17, 15) is 14.9 Å². The van der Waals surface area contributed by atoms with Crippen molar-refractivity contribution in [1.82, 2.24) is 10.3 Å². The number of benzene rings is 1. The third-order valence-electron chi connectivity index (χ3n) is 4.34. The average molecular weight is 360 g/mol. The number of hydrogen-bond donors (Lipinski definition) is 1. The molecule has 1 fully saturated rings. The maximum absolute atomic E-state index is 12.1. The third-order valence-corrected chi connectivity index (χ3v) is 5.17. The number of anilines is 1. The number of aryl methyl sites for hydroxylation is 1. The number of aromatic nitrogens is 1. The lowest BCUT2D eigenvalue weighted by Gasteiger charge is -2.32. The first kappa shape index (κ1) is 17.3. The van der Waals surface area contributed by atoms with E-state index in [1.807, 2.05) is 11.6 Å². The third kappa shape index (κ3) is 4.76. The maximum atomic E-state index is 12.1. The molecule has 3 rings (SSSR count). The summed E-state index contributed by atoms with van der Waals surface area (Å²) >= 11 is 1.64. The van der Waals surface area contributed by atoms with Gasteiger partial charge in [0.25, 0.3) is 5.69 Å². The first-order chi connectivity index (χ1) is 12.1. The quantitative estimate of drug-likeness (QED) is 0.632. The van der Waals surface area contributed by atoms with Gasteiger partial charge in [-0.25, -0.2) is 4.98 Å². The molecule has 0 saturated carbocycles. The smallest absolute Gasteiger partial charge is 0.269 e. The Bertz CT molecular complexity index is 710. The number of nitrogens with one attached hydrogen (secondary N) is 1. The van der Waals surface area contributed by atoms with Crippen molar-refractivity contribution in [3.8, 4) is 0 Å². The molecule has 1 saturated heterocycles. The predicted octanol–water partition coefficient (Wildman–Crippen LogP) is 2.77. The fourth-order valence-electron chi connectivity index (χ4n) is 2.93. The molecule has 0 aliphatic carbocycles. The molecular formula is C17H20N4O3S. The van der Waals surface area contributed by atoms with Crippen LogP contribution in [0.1, 0.15) is 24.8 Å². The zero-order valence-corrected chi connectivity index (χ0v) is 14.6. The predicted molar refractivity (Wildman–Crippen MR) is 96.9 cm³/mol. The van der Waals surface area contributed by atoms with Crippen LogP contribution >= 0.6 is 11.3 Å². The summed E-state index contributed by atoms with van der Waals surface area (Å²) in [4.78, 5) is 28.9. The van der Waals surface area contributed by atoms with Crippen LogP contribution < -0.4 is 10.2 Å². The van der Waals surface area contributed by atoms with Gasteiger partial charge in [-0.05, 0) is 24.8 Å². The molecule has 0 unspecified atom stereocenters. The molecule has 1 aromatic carbocycles. The number of carbonyl (C=O) groups is 1. The van der Waals surface area contributed by atoms with Gasteiger partial charge in [0.15, 0.2) is 5.13 Å². The second-order valence-electron chi connectivity index (χ2n) is 6.07. The van der Waals surface area contributed by atoms with Crippen molar-refractivity contribution < 1.29 is 9.72 Å². The van der Waals surface area contributed by atoms with Crippen LogP contribution in [0.15, 0.2) is 35.8 Å². The van der Waals surface area contributed by atoms with Gasteiger partial charge < -0.3 is 10.2 Å². The number of amides is 1. The van der Waals surface area contributed by atoms with Gasteiger partial charge in [-0.15, -0.1) is 11.3 Å². The molecule has 0 atom stereocenters. The average Bonchev–Trinajstić information content (AvgIpc) is 3.15. The molecule has 2 aromatic rings. The highest BCUT2D eigenvalue weighted by Gasteiger charge is 2.21. The molecule has 7 nitrogen and oxygen atoms in total. The Labute approximate surface area is 149 Å². The molecule has 1 aliphatic heterocycles. The molecular weight excluding hydrogens is 340 g/mol. The summed E-state index contributed by atoms with van der Waals surface area (Å²) in [5.41, 5.74) is 1.000. The van der Waals surface area contributed by atoms with Crippen LogP contribution in [-0.4, -0.2) is 34.9 Å². The van der Waals surface area contributed by atoms with E-state index in [0.29, 0.717) is 12.8 Å². The fraction of sp³-hybridized carbons (Fsp3) is 0.412. The zero-order valence-electron chi connectivity index (χ0n) is 13.8. The number of non-ortho nitro benzene ring substituents is 1. The van der Waals surface area contributed by atoms with Crippen LogP contribution in [0.5, 0.6) is 0 Å². The van der Waals surface area contributed by atoms with E-state index in [1.54, 1.807) is 23.5 Å². The number of nitrogens with zero attached hydrogens (tertiary/aromatic N) is 3. The summed E-state index contributed by atoms with van der Waals surface area (Å²) in [6, 6.07) is 6.57. The van der Waals surface area contributed by atoms with E-state index in [2.05, 4.69) is 15.2 Å². The molecule has 1 aliphatic rings. The lowest BCUT2D eigenvalue weighted by Crippen LogP contribution is -2.44. The van der Waals surface area contributed by atoms with Crippen molar-refractivity contribution in [2.45, 2.75) is 31.7 Å². The molecule has 2 heterocycles. The summed E-state index contributed by atoms with van der Waals surface area (Å²) < 4.78 is 0. The van der Waals surface area contributed by atoms with Gasteiger partial charge in [-0.3, -0.25) is 14.9 Å². The molecule has 8 heteroatoms. The number of hydrogen-bond acceptors (Lipinski definition) is 6. The lowest BCUT2D eigenvalue weighted by molar-refractivity contribution is -0.384. The van der Waals surface area contributed by atoms with Crippen molar-refractivity contribution >= 4 is 28.1 Å². The van der Waals surface area contributed by atoms with Crippen molar-refractivity contribution in [2.75, 3.05) is 18.0 Å². The highest BCUT2D eigenvalue weighted by Crippen LogP contribution is 2.22. The van der Waals surface area contributed by atoms with Crippen LogP contribution in [-0.2, 0) is 11.2 Å². The Morgan fingerprint density at radius 2 is 2.04 bits per heavy atom. The Morgan fingerprint density at radius 3 is 2.64 bits per heavy atom. The van der Waals surface area contributed by atoms with Gasteiger partial charge in [0, 0.05) is 49.3 Å². The molecule has 0 bridgehead atoms. The van der Waals surface area contributed by atoms with Crippen LogP contribution in [0.4, 0.5) is 10.8 Å². The normalized spacial score (nSPS) is 15.1. The minimum absolute atomic E-state index is 0.0334. The van der Waals surface area contributed by atoms with E-state index in [1.165, 1.54) is 12.1 Å². The monoisotopic (exact) mass is 360 g/mol. The number of nitro groups is 1. The minimum Gasteiger partial charge on any atom is -0.353 e. The molecule has 25 heavy (non-hydrogen) atoms. The Hall–Kier alpha value is -2.48. The SMILES string of the molecule is O=C(CCc1ccc([N+](=O)[O-])cc1)NC1CCN(c2nccs2)CC1. The second kappa shape index (κ2) is 8.06. The highest BCUT2D eigenvalue weighted by molar-refractivity contribution is 7.13. The number of carbonyl (C=O) groups excluding carboxylic acids is 1. The van der Waals surface area contributed by atoms with E-state index >= 15 is 0 Å². The Balaban J connectivity index is 1.40. The van der Waals surface area contributed by atoms with Gasteiger partial charge >= 0.3 is 0 Å². The van der Waals surface area contributed by atoms with Crippen molar-refractivity contribution in [1.29, 1.82) is 0 Å². The zero-order chi connectivity index (χ0) is 17.6. The summed E-state index contributed by atoms with van der Waals surface area (Å²) in [6.07, 6.45) is 4.63. The lowest BCUT2D eigenvalue weighted by atomic mass is 10.0. The Morgan fingerprint density at radius 1 is 1.32 bits per heavy atom. The second-order valence-corrected chi connectivity index (χ2v) is 6.94. The first-order valence-electron chi connectivity index (χ1n) is 8.29. The van der Waals surface area contributed by atoms with E-state index in [0.717, 1.165) is 36.6 Å². The fourth-order valence-corrected chi connectivity index (χ4v) is 3.63. The highest BCUT2D eigenvalue weighted by atomic mass is 32.1. The van der Waals surface area contributed by atoms with Gasteiger partial charge in [0.2, 0.25) is 5.91 Å². The van der Waals surface area contributed by atoms with E-state index in [-0.39, 0.29) is 17.6 Å². The number of nitro benzene ring substituents is 1.